The van der Waals surface area contributed by atoms with Gasteiger partial charge in [-0.05, 0) is 31.0 Å². The summed E-state index contributed by atoms with van der Waals surface area (Å²) in [6, 6.07) is 11.7. The van der Waals surface area contributed by atoms with Gasteiger partial charge < -0.3 is 9.47 Å². The predicted molar refractivity (Wildman–Crippen MR) is 104 cm³/mol. The molecule has 27 heavy (non-hydrogen) atoms. The van der Waals surface area contributed by atoms with Gasteiger partial charge in [-0.25, -0.2) is 13.6 Å². The van der Waals surface area contributed by atoms with E-state index in [9.17, 15) is 13.2 Å². The van der Waals surface area contributed by atoms with Crippen molar-refractivity contribution in [1.29, 1.82) is 0 Å². The summed E-state index contributed by atoms with van der Waals surface area (Å²) in [4.78, 5) is 17.0. The minimum Gasteiger partial charge on any atom is -0.345 e. The number of carbonyl (C=O) groups excluding carboxylic acids is 1. The zero-order chi connectivity index (χ0) is 19.6. The number of hydrogen-bond acceptors (Lipinski definition) is 4. The quantitative estimate of drug-likeness (QED) is 0.836. The molecule has 0 aliphatic carbocycles. The second kappa shape index (κ2) is 7.84. The molecule has 2 aromatic rings. The molecule has 1 aromatic heterocycles. The monoisotopic (exact) mass is 390 g/mol. The van der Waals surface area contributed by atoms with Crippen molar-refractivity contribution in [2.24, 2.45) is 12.2 Å². The molecule has 0 radical (unpaired) electrons. The number of nitrogens with zero attached hydrogens (tertiary/aromatic N) is 3. The fourth-order valence-electron chi connectivity index (χ4n) is 3.58. The van der Waals surface area contributed by atoms with Gasteiger partial charge in [0.15, 0.2) is 0 Å². The van der Waals surface area contributed by atoms with E-state index in [0.717, 1.165) is 32.5 Å². The summed E-state index contributed by atoms with van der Waals surface area (Å²) in [6.07, 6.45) is 3.32. The number of hydrogen-bond donors (Lipinski definition) is 1. The van der Waals surface area contributed by atoms with Crippen LogP contribution in [0.5, 0.6) is 0 Å². The summed E-state index contributed by atoms with van der Waals surface area (Å²) in [5.74, 6) is -0.195. The van der Waals surface area contributed by atoms with E-state index in [1.54, 1.807) is 19.0 Å². The average Bonchev–Trinajstić information content (AvgIpc) is 3.04. The first-order valence-electron chi connectivity index (χ1n) is 8.98. The summed E-state index contributed by atoms with van der Waals surface area (Å²) in [5.41, 5.74) is 1.58. The molecular formula is C19H26N4O3S. The Kier molecular flexibility index (Phi) is 5.69. The van der Waals surface area contributed by atoms with Crippen molar-refractivity contribution in [1.82, 2.24) is 14.4 Å². The lowest BCUT2D eigenvalue weighted by Crippen LogP contribution is -2.48. The first-order valence-corrected chi connectivity index (χ1v) is 10.5. The number of sulfonamides is 1. The molecule has 0 saturated carbocycles. The van der Waals surface area contributed by atoms with Crippen molar-refractivity contribution in [3.8, 4) is 0 Å². The number of likely N-dealkylation sites (tertiary alicyclic amines) is 1. The Bertz CT molecular complexity index is 908. The molecule has 1 saturated heterocycles. The maximum atomic E-state index is 12.9. The summed E-state index contributed by atoms with van der Waals surface area (Å²) in [5, 5.41) is 5.18. The molecule has 8 heteroatoms. The van der Waals surface area contributed by atoms with Crippen LogP contribution in [0.3, 0.4) is 0 Å². The largest absolute Gasteiger partial charge is 0.345 e. The fourth-order valence-corrected chi connectivity index (χ4v) is 4.16. The molecule has 7 nitrogen and oxygen atoms in total. The zero-order valence-electron chi connectivity index (χ0n) is 15.7. The smallest absolute Gasteiger partial charge is 0.270 e. The highest BCUT2D eigenvalue weighted by atomic mass is 32.2. The Balaban J connectivity index is 1.70. The molecule has 1 unspecified atom stereocenters. The van der Waals surface area contributed by atoms with Gasteiger partial charge in [0.05, 0.1) is 0 Å². The van der Waals surface area contributed by atoms with E-state index in [-0.39, 0.29) is 16.8 Å². The minimum absolute atomic E-state index is 0.0453. The minimum atomic E-state index is -3.83. The van der Waals surface area contributed by atoms with E-state index in [1.807, 2.05) is 18.2 Å². The van der Waals surface area contributed by atoms with Gasteiger partial charge in [0, 0.05) is 39.4 Å². The van der Waals surface area contributed by atoms with E-state index in [1.165, 1.54) is 22.4 Å². The number of aromatic nitrogens is 1. The van der Waals surface area contributed by atoms with E-state index in [2.05, 4.69) is 17.0 Å². The molecule has 0 bridgehead atoms. The van der Waals surface area contributed by atoms with Crippen LogP contribution in [-0.2, 0) is 23.6 Å². The number of nitrogens with two attached hydrogens (primary N) is 1. The molecular weight excluding hydrogens is 364 g/mol. The van der Waals surface area contributed by atoms with Crippen molar-refractivity contribution in [3.63, 3.8) is 0 Å². The molecule has 2 N–H and O–H groups in total. The lowest BCUT2D eigenvalue weighted by Gasteiger charge is -2.37. The van der Waals surface area contributed by atoms with Crippen LogP contribution in [0.15, 0.2) is 47.5 Å². The first kappa shape index (κ1) is 19.6. The van der Waals surface area contributed by atoms with Crippen LogP contribution in [0.4, 0.5) is 0 Å². The van der Waals surface area contributed by atoms with Crippen LogP contribution in [0, 0.1) is 0 Å². The number of likely N-dealkylation sites (N-methyl/N-ethyl adjacent to an activating group) is 1. The van der Waals surface area contributed by atoms with Crippen LogP contribution in [-0.4, -0.2) is 54.9 Å². The molecule has 146 valence electrons. The molecule has 2 heterocycles. The van der Waals surface area contributed by atoms with E-state index in [0.29, 0.717) is 5.69 Å². The number of rotatable bonds is 5. The van der Waals surface area contributed by atoms with Gasteiger partial charge in [-0.15, -0.1) is 0 Å². The Hall–Kier alpha value is -2.16. The van der Waals surface area contributed by atoms with Crippen molar-refractivity contribution in [2.75, 3.05) is 20.1 Å². The third-order valence-corrected chi connectivity index (χ3v) is 6.01. The third kappa shape index (κ3) is 4.58. The van der Waals surface area contributed by atoms with Gasteiger partial charge in [-0.1, -0.05) is 30.3 Å². The van der Waals surface area contributed by atoms with Crippen LogP contribution >= 0.6 is 0 Å². The van der Waals surface area contributed by atoms with Crippen molar-refractivity contribution in [3.05, 3.63) is 53.9 Å². The van der Waals surface area contributed by atoms with E-state index in [4.69, 9.17) is 5.14 Å². The highest BCUT2D eigenvalue weighted by Gasteiger charge is 2.28. The number of piperidine rings is 1. The van der Waals surface area contributed by atoms with Gasteiger partial charge in [0.25, 0.3) is 5.91 Å². The summed E-state index contributed by atoms with van der Waals surface area (Å²) >= 11 is 0. The molecule has 1 fully saturated rings. The Morgan fingerprint density at radius 1 is 1.30 bits per heavy atom. The highest BCUT2D eigenvalue weighted by Crippen LogP contribution is 2.20. The normalized spacial score (nSPS) is 18.4. The predicted octanol–water partition coefficient (Wildman–Crippen LogP) is 1.41. The molecule has 1 aliphatic rings. The van der Waals surface area contributed by atoms with Gasteiger partial charge in [0.2, 0.25) is 10.0 Å². The van der Waals surface area contributed by atoms with Gasteiger partial charge in [-0.2, -0.15) is 0 Å². The van der Waals surface area contributed by atoms with Crippen LogP contribution < -0.4 is 5.14 Å². The number of amides is 1. The molecule has 0 spiro atoms. The lowest BCUT2D eigenvalue weighted by atomic mass is 10.0. The zero-order valence-corrected chi connectivity index (χ0v) is 16.5. The SMILES string of the molecule is CN(C(=O)c1cc(S(N)(=O)=O)cn1C)C1CCCN(Cc2ccccc2)C1. The molecule has 1 aliphatic heterocycles. The number of carbonyl (C=O) groups is 1. The maximum absolute atomic E-state index is 12.9. The molecule has 1 amide bonds. The number of primary sulfonamides is 1. The van der Waals surface area contributed by atoms with E-state index >= 15 is 0 Å². The van der Waals surface area contributed by atoms with Crippen molar-refractivity contribution in [2.45, 2.75) is 30.3 Å². The Morgan fingerprint density at radius 2 is 2.00 bits per heavy atom. The standard InChI is InChI=1S/C19H26N4O3S/c1-21-14-17(27(20,25)26)11-18(21)19(24)22(2)16-9-6-10-23(13-16)12-15-7-4-3-5-8-15/h3-5,7-8,11,14,16H,6,9-10,12-13H2,1-2H3,(H2,20,25,26). The fraction of sp³-hybridized carbons (Fsp3) is 0.421. The molecule has 1 aromatic carbocycles. The second-order valence-corrected chi connectivity index (χ2v) is 8.71. The number of benzene rings is 1. The molecule has 1 atom stereocenters. The van der Waals surface area contributed by atoms with Gasteiger partial charge >= 0.3 is 0 Å². The second-order valence-electron chi connectivity index (χ2n) is 7.15. The van der Waals surface area contributed by atoms with Gasteiger partial charge in [-0.3, -0.25) is 9.69 Å². The Labute approximate surface area is 160 Å². The lowest BCUT2D eigenvalue weighted by molar-refractivity contribution is 0.0600. The van der Waals surface area contributed by atoms with Crippen LogP contribution in [0.2, 0.25) is 0 Å². The highest BCUT2D eigenvalue weighted by molar-refractivity contribution is 7.89. The van der Waals surface area contributed by atoms with Gasteiger partial charge in [0.1, 0.15) is 10.6 Å². The maximum Gasteiger partial charge on any atom is 0.270 e. The van der Waals surface area contributed by atoms with Crippen molar-refractivity contribution >= 4 is 15.9 Å². The molecule has 3 rings (SSSR count). The average molecular weight is 391 g/mol. The summed E-state index contributed by atoms with van der Waals surface area (Å²) < 4.78 is 24.6. The summed E-state index contributed by atoms with van der Waals surface area (Å²) in [7, 11) is -0.400. The topological polar surface area (TPSA) is 88.6 Å². The number of aryl methyl sites for hydroxylation is 1. The summed E-state index contributed by atoms with van der Waals surface area (Å²) in [6.45, 7) is 2.66. The van der Waals surface area contributed by atoms with Crippen LogP contribution in [0.1, 0.15) is 28.9 Å². The van der Waals surface area contributed by atoms with E-state index < -0.39 is 10.0 Å². The Morgan fingerprint density at radius 3 is 2.63 bits per heavy atom. The van der Waals surface area contributed by atoms with Crippen molar-refractivity contribution < 1.29 is 13.2 Å². The first-order chi connectivity index (χ1) is 12.8. The third-order valence-electron chi connectivity index (χ3n) is 5.13. The van der Waals surface area contributed by atoms with Crippen LogP contribution in [0.25, 0.3) is 0 Å².